The van der Waals surface area contributed by atoms with Crippen LogP contribution in [0.1, 0.15) is 23.4 Å². The molecule has 0 radical (unpaired) electrons. The average molecular weight is 418 g/mol. The maximum absolute atomic E-state index is 13.0. The Morgan fingerprint density at radius 3 is 2.74 bits per heavy atom. The molecule has 0 N–H and O–H groups in total. The zero-order chi connectivity index (χ0) is 21.4. The van der Waals surface area contributed by atoms with Crippen LogP contribution in [0.15, 0.2) is 54.7 Å². The van der Waals surface area contributed by atoms with Crippen molar-refractivity contribution in [1.82, 2.24) is 14.5 Å². The van der Waals surface area contributed by atoms with Crippen molar-refractivity contribution in [3.8, 4) is 17.0 Å². The maximum atomic E-state index is 13.0. The third-order valence-corrected chi connectivity index (χ3v) is 6.55. The number of likely N-dealkylation sites (tertiary alicyclic amines) is 1. The summed E-state index contributed by atoms with van der Waals surface area (Å²) < 4.78 is 13.8. The van der Waals surface area contributed by atoms with Crippen LogP contribution in [0.3, 0.4) is 0 Å². The molecule has 2 aliphatic rings. The minimum atomic E-state index is -0.351. The van der Waals surface area contributed by atoms with Gasteiger partial charge in [-0.1, -0.05) is 24.3 Å². The van der Waals surface area contributed by atoms with Crippen LogP contribution in [0, 0.1) is 6.92 Å². The lowest BCUT2D eigenvalue weighted by molar-refractivity contribution is -0.132. The Labute approximate surface area is 182 Å². The van der Waals surface area contributed by atoms with Gasteiger partial charge in [0.15, 0.2) is 0 Å². The van der Waals surface area contributed by atoms with Gasteiger partial charge in [-0.15, -0.1) is 0 Å². The lowest BCUT2D eigenvalue weighted by Crippen LogP contribution is -2.45. The number of carbonyl (C=O) groups excluding carboxylic acids is 1. The molecule has 160 valence electrons. The van der Waals surface area contributed by atoms with Crippen molar-refractivity contribution in [2.24, 2.45) is 0 Å². The minimum absolute atomic E-state index is 0.168. The molecule has 0 unspecified atom stereocenters. The Morgan fingerprint density at radius 1 is 1.16 bits per heavy atom. The van der Waals surface area contributed by atoms with E-state index in [0.717, 1.165) is 46.9 Å². The SMILES string of the molecule is COc1ccc(-c2cnc3n2C[C@@]2(CCN(C(=O)Cc4ccccc4C)C2)OC3)cc1. The standard InChI is InChI=1S/C25H27N3O3/c1-18-5-3-4-6-20(18)13-24(29)27-12-11-25(16-27)17-28-22(14-26-23(28)15-31-25)19-7-9-21(30-2)10-8-19/h3-10,14H,11-13,15-17H2,1-2H3/t25-/m0/s1. The van der Waals surface area contributed by atoms with Gasteiger partial charge in [0.05, 0.1) is 38.5 Å². The van der Waals surface area contributed by atoms with E-state index in [1.807, 2.05) is 41.4 Å². The fourth-order valence-corrected chi connectivity index (χ4v) is 4.64. The summed E-state index contributed by atoms with van der Waals surface area (Å²) in [6.45, 7) is 4.58. The first-order valence-electron chi connectivity index (χ1n) is 10.7. The number of aryl methyl sites for hydroxylation is 1. The van der Waals surface area contributed by atoms with Crippen LogP contribution in [0.5, 0.6) is 5.75 Å². The number of carbonyl (C=O) groups is 1. The molecule has 1 saturated heterocycles. The highest BCUT2D eigenvalue weighted by molar-refractivity contribution is 5.79. The molecule has 1 spiro atoms. The molecule has 1 amide bonds. The summed E-state index contributed by atoms with van der Waals surface area (Å²) in [6, 6.07) is 16.1. The summed E-state index contributed by atoms with van der Waals surface area (Å²) in [7, 11) is 1.67. The zero-order valence-electron chi connectivity index (χ0n) is 18.0. The topological polar surface area (TPSA) is 56.6 Å². The van der Waals surface area contributed by atoms with E-state index in [2.05, 4.69) is 34.7 Å². The normalized spacial score (nSPS) is 20.1. The van der Waals surface area contributed by atoms with E-state index < -0.39 is 0 Å². The number of nitrogens with zero attached hydrogens (tertiary/aromatic N) is 3. The number of hydrogen-bond acceptors (Lipinski definition) is 4. The molecule has 1 fully saturated rings. The van der Waals surface area contributed by atoms with Gasteiger partial charge in [-0.2, -0.15) is 0 Å². The third kappa shape index (κ3) is 3.72. The van der Waals surface area contributed by atoms with E-state index in [1.165, 1.54) is 0 Å². The quantitative estimate of drug-likeness (QED) is 0.651. The Balaban J connectivity index is 1.33. The Bertz CT molecular complexity index is 1110. The molecular formula is C25H27N3O3. The Hall–Kier alpha value is -3.12. The summed E-state index contributed by atoms with van der Waals surface area (Å²) in [5.41, 5.74) is 4.07. The molecule has 1 atom stereocenters. The summed E-state index contributed by atoms with van der Waals surface area (Å²) in [6.07, 6.45) is 3.19. The van der Waals surface area contributed by atoms with Crippen molar-refractivity contribution in [3.05, 3.63) is 71.7 Å². The molecule has 0 saturated carbocycles. The first-order valence-corrected chi connectivity index (χ1v) is 10.7. The van der Waals surface area contributed by atoms with E-state index in [9.17, 15) is 4.79 Å². The van der Waals surface area contributed by atoms with Crippen molar-refractivity contribution in [3.63, 3.8) is 0 Å². The largest absolute Gasteiger partial charge is 0.497 e. The van der Waals surface area contributed by atoms with Crippen LogP contribution in [-0.4, -0.2) is 46.2 Å². The molecule has 2 aliphatic heterocycles. The van der Waals surface area contributed by atoms with Gasteiger partial charge < -0.3 is 18.9 Å². The third-order valence-electron chi connectivity index (χ3n) is 6.55. The minimum Gasteiger partial charge on any atom is -0.497 e. The van der Waals surface area contributed by atoms with E-state index in [1.54, 1.807) is 7.11 Å². The summed E-state index contributed by atoms with van der Waals surface area (Å²) in [4.78, 5) is 19.5. The van der Waals surface area contributed by atoms with Crippen LogP contribution in [0.2, 0.25) is 0 Å². The predicted molar refractivity (Wildman–Crippen MR) is 118 cm³/mol. The molecule has 5 rings (SSSR count). The first kappa shape index (κ1) is 19.8. The van der Waals surface area contributed by atoms with Gasteiger partial charge in [-0.25, -0.2) is 4.98 Å². The molecule has 0 bridgehead atoms. The molecule has 6 heteroatoms. The molecule has 3 aromatic rings. The van der Waals surface area contributed by atoms with Gasteiger partial charge in [-0.3, -0.25) is 4.79 Å². The van der Waals surface area contributed by atoms with Gasteiger partial charge in [0.25, 0.3) is 0 Å². The van der Waals surface area contributed by atoms with Crippen molar-refractivity contribution < 1.29 is 14.3 Å². The average Bonchev–Trinajstić information content (AvgIpc) is 3.40. The highest BCUT2D eigenvalue weighted by atomic mass is 16.5. The number of benzene rings is 2. The lowest BCUT2D eigenvalue weighted by atomic mass is 10.0. The molecule has 3 heterocycles. The van der Waals surface area contributed by atoms with Gasteiger partial charge in [0.2, 0.25) is 5.91 Å². The lowest BCUT2D eigenvalue weighted by Gasteiger charge is -2.35. The summed E-state index contributed by atoms with van der Waals surface area (Å²) in [5.74, 6) is 1.93. The molecule has 6 nitrogen and oxygen atoms in total. The number of aromatic nitrogens is 2. The van der Waals surface area contributed by atoms with Gasteiger partial charge in [-0.05, 0) is 48.7 Å². The van der Waals surface area contributed by atoms with E-state index in [4.69, 9.17) is 9.47 Å². The van der Waals surface area contributed by atoms with Crippen LogP contribution in [0.4, 0.5) is 0 Å². The Kier molecular flexibility index (Phi) is 5.02. The number of methoxy groups -OCH3 is 1. The molecule has 1 aromatic heterocycles. The second-order valence-corrected chi connectivity index (χ2v) is 8.51. The van der Waals surface area contributed by atoms with Crippen LogP contribution in [-0.2, 0) is 29.1 Å². The molecule has 2 aromatic carbocycles. The number of amides is 1. The number of rotatable bonds is 4. The maximum Gasteiger partial charge on any atom is 0.227 e. The zero-order valence-corrected chi connectivity index (χ0v) is 18.0. The fraction of sp³-hybridized carbons (Fsp3) is 0.360. The summed E-state index contributed by atoms with van der Waals surface area (Å²) in [5, 5.41) is 0. The first-order chi connectivity index (χ1) is 15.1. The van der Waals surface area contributed by atoms with Crippen molar-refractivity contribution in [2.75, 3.05) is 20.2 Å². The van der Waals surface area contributed by atoms with E-state index in [-0.39, 0.29) is 11.5 Å². The highest BCUT2D eigenvalue weighted by Crippen LogP contribution is 2.35. The number of imidazole rings is 1. The highest BCUT2D eigenvalue weighted by Gasteiger charge is 2.44. The molecular weight excluding hydrogens is 390 g/mol. The number of ether oxygens (including phenoxy) is 2. The van der Waals surface area contributed by atoms with Crippen LogP contribution in [0.25, 0.3) is 11.3 Å². The second-order valence-electron chi connectivity index (χ2n) is 8.51. The molecule has 31 heavy (non-hydrogen) atoms. The van der Waals surface area contributed by atoms with Gasteiger partial charge in [0.1, 0.15) is 23.8 Å². The van der Waals surface area contributed by atoms with Gasteiger partial charge in [0, 0.05) is 12.1 Å². The summed E-state index contributed by atoms with van der Waals surface area (Å²) >= 11 is 0. The molecule has 0 aliphatic carbocycles. The van der Waals surface area contributed by atoms with E-state index >= 15 is 0 Å². The number of fused-ring (bicyclic) bond motifs is 1. The van der Waals surface area contributed by atoms with Crippen LogP contribution >= 0.6 is 0 Å². The Morgan fingerprint density at radius 2 is 1.97 bits per heavy atom. The van der Waals surface area contributed by atoms with Gasteiger partial charge >= 0.3 is 0 Å². The van der Waals surface area contributed by atoms with Crippen molar-refractivity contribution in [1.29, 1.82) is 0 Å². The fourth-order valence-electron chi connectivity index (χ4n) is 4.64. The monoisotopic (exact) mass is 417 g/mol. The van der Waals surface area contributed by atoms with Crippen LogP contribution < -0.4 is 4.74 Å². The second kappa shape index (κ2) is 7.85. The van der Waals surface area contributed by atoms with Crippen molar-refractivity contribution >= 4 is 5.91 Å². The smallest absolute Gasteiger partial charge is 0.227 e. The predicted octanol–water partition coefficient (Wildman–Crippen LogP) is 3.61. The van der Waals surface area contributed by atoms with Crippen molar-refractivity contribution in [2.45, 2.75) is 38.5 Å². The number of hydrogen-bond donors (Lipinski definition) is 0. The van der Waals surface area contributed by atoms with E-state index in [0.29, 0.717) is 26.1 Å².